The fourth-order valence-corrected chi connectivity index (χ4v) is 2.93. The highest BCUT2D eigenvalue weighted by Gasteiger charge is 2.25. The molecule has 1 N–H and O–H groups in total. The lowest BCUT2D eigenvalue weighted by Crippen LogP contribution is -2.34. The molecule has 6 nitrogen and oxygen atoms in total. The van der Waals surface area contributed by atoms with E-state index in [1.165, 1.54) is 6.26 Å². The van der Waals surface area contributed by atoms with Crippen LogP contribution < -0.4 is 9.62 Å². The zero-order valence-electron chi connectivity index (χ0n) is 11.3. The second-order valence-electron chi connectivity index (χ2n) is 4.96. The molecule has 1 aromatic rings. The Morgan fingerprint density at radius 3 is 2.95 bits per heavy atom. The van der Waals surface area contributed by atoms with E-state index in [1.54, 1.807) is 6.33 Å². The molecule has 0 amide bonds. The van der Waals surface area contributed by atoms with E-state index >= 15 is 0 Å². The van der Waals surface area contributed by atoms with Crippen LogP contribution in [0.15, 0.2) is 12.4 Å². The molecule has 106 valence electrons. The van der Waals surface area contributed by atoms with Crippen molar-refractivity contribution in [3.8, 4) is 0 Å². The van der Waals surface area contributed by atoms with Gasteiger partial charge in [0.25, 0.3) is 0 Å². The molecule has 2 rings (SSSR count). The number of aromatic nitrogens is 2. The van der Waals surface area contributed by atoms with Crippen molar-refractivity contribution in [2.75, 3.05) is 24.2 Å². The molecule has 0 unspecified atom stereocenters. The van der Waals surface area contributed by atoms with Gasteiger partial charge in [0.05, 0.1) is 6.26 Å². The summed E-state index contributed by atoms with van der Waals surface area (Å²) in [5.74, 6) is 0.939. The summed E-state index contributed by atoms with van der Waals surface area (Å²) < 4.78 is 24.7. The van der Waals surface area contributed by atoms with Crippen LogP contribution in [-0.4, -0.2) is 43.8 Å². The molecule has 2 heterocycles. The van der Waals surface area contributed by atoms with E-state index in [0.717, 1.165) is 37.3 Å². The van der Waals surface area contributed by atoms with E-state index in [-0.39, 0.29) is 0 Å². The predicted molar refractivity (Wildman–Crippen MR) is 74.6 cm³/mol. The summed E-state index contributed by atoms with van der Waals surface area (Å²) in [6, 6.07) is 2.33. The van der Waals surface area contributed by atoms with Crippen molar-refractivity contribution in [1.82, 2.24) is 14.7 Å². The molecule has 1 aliphatic rings. The average molecular weight is 284 g/mol. The molecule has 19 heavy (non-hydrogen) atoms. The summed E-state index contributed by atoms with van der Waals surface area (Å²) in [6.07, 6.45) is 5.76. The first-order chi connectivity index (χ1) is 8.96. The summed E-state index contributed by atoms with van der Waals surface area (Å²) in [4.78, 5) is 10.7. The van der Waals surface area contributed by atoms with E-state index in [0.29, 0.717) is 12.6 Å². The Morgan fingerprint density at radius 2 is 2.26 bits per heavy atom. The predicted octanol–water partition coefficient (Wildman–Crippen LogP) is 0.693. The maximum absolute atomic E-state index is 11.1. The molecule has 0 aliphatic carbocycles. The van der Waals surface area contributed by atoms with E-state index < -0.39 is 10.0 Å². The average Bonchev–Trinajstić information content (AvgIpc) is 2.75. The minimum Gasteiger partial charge on any atom is -0.353 e. The zero-order valence-corrected chi connectivity index (χ0v) is 12.2. The first-order valence-corrected chi connectivity index (χ1v) is 8.35. The van der Waals surface area contributed by atoms with Gasteiger partial charge in [-0.1, -0.05) is 0 Å². The maximum atomic E-state index is 11.1. The van der Waals surface area contributed by atoms with Crippen LogP contribution >= 0.6 is 0 Å². The van der Waals surface area contributed by atoms with E-state index in [9.17, 15) is 8.42 Å². The van der Waals surface area contributed by atoms with Gasteiger partial charge in [-0.2, -0.15) is 0 Å². The van der Waals surface area contributed by atoms with Crippen LogP contribution in [0.3, 0.4) is 0 Å². The van der Waals surface area contributed by atoms with Gasteiger partial charge in [0, 0.05) is 30.9 Å². The third kappa shape index (κ3) is 4.14. The Kier molecular flexibility index (Phi) is 4.36. The van der Waals surface area contributed by atoms with E-state index in [1.807, 2.05) is 13.0 Å². The van der Waals surface area contributed by atoms with Gasteiger partial charge in [-0.15, -0.1) is 0 Å². The highest BCUT2D eigenvalue weighted by molar-refractivity contribution is 7.88. The summed E-state index contributed by atoms with van der Waals surface area (Å²) in [7, 11) is -3.10. The van der Waals surface area contributed by atoms with Crippen molar-refractivity contribution in [1.29, 1.82) is 0 Å². The van der Waals surface area contributed by atoms with Crippen LogP contribution in [-0.2, 0) is 10.0 Å². The Morgan fingerprint density at radius 1 is 1.47 bits per heavy atom. The maximum Gasteiger partial charge on any atom is 0.208 e. The summed E-state index contributed by atoms with van der Waals surface area (Å²) >= 11 is 0. The Balaban J connectivity index is 1.97. The Bertz CT molecular complexity index is 532. The van der Waals surface area contributed by atoms with E-state index in [4.69, 9.17) is 0 Å². The minimum atomic E-state index is -3.10. The minimum absolute atomic E-state index is 0.351. The van der Waals surface area contributed by atoms with Gasteiger partial charge >= 0.3 is 0 Å². The molecule has 1 fully saturated rings. The standard InChI is InChI=1S/C12H20N4O2S/c1-10-8-12(14-9-13-10)16-7-3-4-11(16)5-6-15-19(2,17)18/h8-9,11,15H,3-7H2,1-2H3/t11-/m1/s1. The fourth-order valence-electron chi connectivity index (χ4n) is 2.45. The van der Waals surface area contributed by atoms with Crippen LogP contribution in [0.2, 0.25) is 0 Å². The number of nitrogens with one attached hydrogen (secondary N) is 1. The Labute approximate surface area is 114 Å². The molecular formula is C12H20N4O2S. The highest BCUT2D eigenvalue weighted by atomic mass is 32.2. The number of nitrogens with zero attached hydrogens (tertiary/aromatic N) is 3. The van der Waals surface area contributed by atoms with Gasteiger partial charge in [0.15, 0.2) is 0 Å². The van der Waals surface area contributed by atoms with Crippen LogP contribution in [0.5, 0.6) is 0 Å². The largest absolute Gasteiger partial charge is 0.353 e. The molecule has 7 heteroatoms. The molecule has 0 saturated carbocycles. The smallest absolute Gasteiger partial charge is 0.208 e. The van der Waals surface area contributed by atoms with Gasteiger partial charge in [-0.05, 0) is 26.2 Å². The number of rotatable bonds is 5. The second kappa shape index (κ2) is 5.83. The fraction of sp³-hybridized carbons (Fsp3) is 0.667. The highest BCUT2D eigenvalue weighted by Crippen LogP contribution is 2.25. The number of anilines is 1. The van der Waals surface area contributed by atoms with Crippen LogP contribution in [0, 0.1) is 6.92 Å². The number of sulfonamides is 1. The summed E-state index contributed by atoms with van der Waals surface area (Å²) in [5, 5.41) is 0. The second-order valence-corrected chi connectivity index (χ2v) is 6.80. The molecule has 0 bridgehead atoms. The first kappa shape index (κ1) is 14.2. The normalized spacial score (nSPS) is 19.9. The van der Waals surface area contributed by atoms with Gasteiger partial charge in [-0.3, -0.25) is 0 Å². The van der Waals surface area contributed by atoms with Gasteiger partial charge in [-0.25, -0.2) is 23.1 Å². The van der Waals surface area contributed by atoms with Gasteiger partial charge in [0.2, 0.25) is 10.0 Å². The molecule has 1 atom stereocenters. The lowest BCUT2D eigenvalue weighted by Gasteiger charge is -2.25. The van der Waals surface area contributed by atoms with Crippen LogP contribution in [0.4, 0.5) is 5.82 Å². The molecule has 0 radical (unpaired) electrons. The molecule has 0 spiro atoms. The zero-order chi connectivity index (χ0) is 13.9. The van der Waals surface area contributed by atoms with E-state index in [2.05, 4.69) is 19.6 Å². The van der Waals surface area contributed by atoms with Crippen LogP contribution in [0.1, 0.15) is 25.0 Å². The molecule has 1 aromatic heterocycles. The van der Waals surface area contributed by atoms with Crippen molar-refractivity contribution in [3.63, 3.8) is 0 Å². The van der Waals surface area contributed by atoms with Crippen molar-refractivity contribution in [3.05, 3.63) is 18.1 Å². The molecular weight excluding hydrogens is 264 g/mol. The van der Waals surface area contributed by atoms with Gasteiger partial charge in [0.1, 0.15) is 12.1 Å². The third-order valence-electron chi connectivity index (χ3n) is 3.30. The quantitative estimate of drug-likeness (QED) is 0.861. The van der Waals surface area contributed by atoms with Crippen LogP contribution in [0.25, 0.3) is 0 Å². The molecule has 0 aromatic carbocycles. The summed E-state index contributed by atoms with van der Waals surface area (Å²) in [6.45, 7) is 3.39. The SMILES string of the molecule is Cc1cc(N2CCC[C@@H]2CCNS(C)(=O)=O)ncn1. The Hall–Kier alpha value is -1.21. The number of aryl methyl sites for hydroxylation is 1. The van der Waals surface area contributed by atoms with Gasteiger partial charge < -0.3 is 4.90 Å². The summed E-state index contributed by atoms with van der Waals surface area (Å²) in [5.41, 5.74) is 0.949. The van der Waals surface area contributed by atoms with Crippen molar-refractivity contribution >= 4 is 15.8 Å². The topological polar surface area (TPSA) is 75.2 Å². The number of hydrogen-bond donors (Lipinski definition) is 1. The number of hydrogen-bond acceptors (Lipinski definition) is 5. The molecule has 1 aliphatic heterocycles. The third-order valence-corrected chi connectivity index (χ3v) is 4.03. The lowest BCUT2D eigenvalue weighted by molar-refractivity contribution is 0.565. The van der Waals surface area contributed by atoms with Crippen molar-refractivity contribution in [2.24, 2.45) is 0 Å². The first-order valence-electron chi connectivity index (χ1n) is 6.45. The monoisotopic (exact) mass is 284 g/mol. The van der Waals surface area contributed by atoms with Crippen molar-refractivity contribution in [2.45, 2.75) is 32.2 Å². The lowest BCUT2D eigenvalue weighted by atomic mass is 10.1. The van der Waals surface area contributed by atoms with Crippen molar-refractivity contribution < 1.29 is 8.42 Å². The molecule has 1 saturated heterocycles.